The van der Waals surface area contributed by atoms with Gasteiger partial charge < -0.3 is 4.57 Å². The van der Waals surface area contributed by atoms with E-state index in [1.165, 1.54) is 16.5 Å². The topological polar surface area (TPSA) is 30.7 Å². The van der Waals surface area contributed by atoms with Gasteiger partial charge in [-0.2, -0.15) is 0 Å². The number of halogens is 1. The van der Waals surface area contributed by atoms with Crippen molar-refractivity contribution >= 4 is 39.2 Å². The highest BCUT2D eigenvalue weighted by molar-refractivity contribution is 8.93. The molecule has 5 heteroatoms. The molecule has 22 heavy (non-hydrogen) atoms. The molecule has 3 nitrogen and oxygen atoms in total. The first-order valence-corrected chi connectivity index (χ1v) is 7.61. The Bertz CT molecular complexity index is 912. The Kier molecular flexibility index (Phi) is 4.09. The van der Waals surface area contributed by atoms with E-state index in [2.05, 4.69) is 52.4 Å². The predicted octanol–water partition coefficient (Wildman–Crippen LogP) is 4.94. The smallest absolute Gasteiger partial charge is 0.126 e. The Balaban J connectivity index is 0.00000144. The van der Waals surface area contributed by atoms with E-state index in [-0.39, 0.29) is 17.0 Å². The number of fused-ring (bicyclic) bond motifs is 1. The number of thiazole rings is 1. The van der Waals surface area contributed by atoms with Gasteiger partial charge in [-0.25, -0.2) is 4.98 Å². The summed E-state index contributed by atoms with van der Waals surface area (Å²) in [5.41, 5.74) is 4.45. The number of hydrogen-bond acceptors (Lipinski definition) is 3. The Morgan fingerprint density at radius 2 is 1.95 bits per heavy atom. The molecule has 1 aromatic carbocycles. The minimum Gasteiger partial charge on any atom is -0.350 e. The van der Waals surface area contributed by atoms with Crippen molar-refractivity contribution in [2.45, 2.75) is 0 Å². The van der Waals surface area contributed by atoms with Gasteiger partial charge in [0.25, 0.3) is 0 Å². The third kappa shape index (κ3) is 2.46. The number of rotatable bonds is 2. The van der Waals surface area contributed by atoms with Crippen molar-refractivity contribution in [3.8, 4) is 21.8 Å². The molecular weight excluding hydrogens is 358 g/mol. The molecule has 0 N–H and O–H groups in total. The standard InChI is InChI=1S/C17H13N3S.BrH/c1-20-10-14(13-6-2-3-7-16(13)20)17-19-15(11-21-17)12-5-4-8-18-9-12;/h2-11H,1H3;1H. The molecule has 3 aromatic heterocycles. The molecule has 0 unspecified atom stereocenters. The summed E-state index contributed by atoms with van der Waals surface area (Å²) in [5.74, 6) is 0. The molecule has 4 rings (SSSR count). The first kappa shape index (κ1) is 14.9. The lowest BCUT2D eigenvalue weighted by molar-refractivity contribution is 0.970. The minimum atomic E-state index is 0. The van der Waals surface area contributed by atoms with Crippen molar-refractivity contribution in [1.82, 2.24) is 14.5 Å². The zero-order valence-electron chi connectivity index (χ0n) is 11.9. The van der Waals surface area contributed by atoms with Gasteiger partial charge in [-0.15, -0.1) is 28.3 Å². The van der Waals surface area contributed by atoms with Gasteiger partial charge in [0.1, 0.15) is 5.01 Å². The van der Waals surface area contributed by atoms with Gasteiger partial charge in [-0.3, -0.25) is 4.98 Å². The lowest BCUT2D eigenvalue weighted by Gasteiger charge is -1.95. The fourth-order valence-corrected chi connectivity index (χ4v) is 3.41. The van der Waals surface area contributed by atoms with Crippen molar-refractivity contribution in [3.05, 3.63) is 60.4 Å². The molecule has 0 fully saturated rings. The van der Waals surface area contributed by atoms with Gasteiger partial charge in [0.15, 0.2) is 0 Å². The molecular formula is C17H14BrN3S. The molecule has 0 aliphatic carbocycles. The lowest BCUT2D eigenvalue weighted by atomic mass is 10.2. The fraction of sp³-hybridized carbons (Fsp3) is 0.0588. The SMILES string of the molecule is Br.Cn1cc(-c2nc(-c3cccnc3)cs2)c2ccccc21. The van der Waals surface area contributed by atoms with Crippen LogP contribution in [0.25, 0.3) is 32.7 Å². The zero-order valence-corrected chi connectivity index (χ0v) is 14.5. The van der Waals surface area contributed by atoms with E-state index in [4.69, 9.17) is 4.98 Å². The molecule has 0 amide bonds. The van der Waals surface area contributed by atoms with Crippen LogP contribution >= 0.6 is 28.3 Å². The van der Waals surface area contributed by atoms with E-state index >= 15 is 0 Å². The van der Waals surface area contributed by atoms with Gasteiger partial charge in [-0.1, -0.05) is 18.2 Å². The van der Waals surface area contributed by atoms with Gasteiger partial charge >= 0.3 is 0 Å². The summed E-state index contributed by atoms with van der Waals surface area (Å²) in [6.45, 7) is 0. The molecule has 4 aromatic rings. The van der Waals surface area contributed by atoms with Crippen molar-refractivity contribution in [2.75, 3.05) is 0 Å². The zero-order chi connectivity index (χ0) is 14.2. The maximum Gasteiger partial charge on any atom is 0.126 e. The van der Waals surface area contributed by atoms with Crippen LogP contribution in [0.4, 0.5) is 0 Å². The summed E-state index contributed by atoms with van der Waals surface area (Å²) in [4.78, 5) is 8.94. The molecule has 0 spiro atoms. The average molecular weight is 372 g/mol. The monoisotopic (exact) mass is 371 g/mol. The summed E-state index contributed by atoms with van der Waals surface area (Å²) in [7, 11) is 2.07. The second kappa shape index (κ2) is 6.02. The Hall–Kier alpha value is -1.98. The largest absolute Gasteiger partial charge is 0.350 e. The van der Waals surface area contributed by atoms with Crippen LogP contribution in [0, 0.1) is 0 Å². The average Bonchev–Trinajstić information content (AvgIpc) is 3.14. The van der Waals surface area contributed by atoms with Crippen molar-refractivity contribution in [3.63, 3.8) is 0 Å². The predicted molar refractivity (Wildman–Crippen MR) is 97.6 cm³/mol. The second-order valence-corrected chi connectivity index (χ2v) is 5.81. The van der Waals surface area contributed by atoms with Crippen molar-refractivity contribution in [1.29, 1.82) is 0 Å². The summed E-state index contributed by atoms with van der Waals surface area (Å²) >= 11 is 1.67. The van der Waals surface area contributed by atoms with Crippen LogP contribution < -0.4 is 0 Å². The van der Waals surface area contributed by atoms with Crippen LogP contribution in [-0.2, 0) is 7.05 Å². The van der Waals surface area contributed by atoms with E-state index < -0.39 is 0 Å². The van der Waals surface area contributed by atoms with Gasteiger partial charge in [0.2, 0.25) is 0 Å². The highest BCUT2D eigenvalue weighted by atomic mass is 79.9. The van der Waals surface area contributed by atoms with Crippen LogP contribution in [0.15, 0.2) is 60.4 Å². The maximum atomic E-state index is 4.78. The van der Waals surface area contributed by atoms with Gasteiger partial charge in [0, 0.05) is 53.0 Å². The van der Waals surface area contributed by atoms with Crippen molar-refractivity contribution < 1.29 is 0 Å². The van der Waals surface area contributed by atoms with E-state index in [0.29, 0.717) is 0 Å². The highest BCUT2D eigenvalue weighted by Crippen LogP contribution is 2.34. The highest BCUT2D eigenvalue weighted by Gasteiger charge is 2.12. The van der Waals surface area contributed by atoms with Crippen LogP contribution in [0.2, 0.25) is 0 Å². The summed E-state index contributed by atoms with van der Waals surface area (Å²) in [6, 6.07) is 12.4. The third-order valence-corrected chi connectivity index (χ3v) is 4.46. The van der Waals surface area contributed by atoms with E-state index in [9.17, 15) is 0 Å². The lowest BCUT2D eigenvalue weighted by Crippen LogP contribution is -1.81. The van der Waals surface area contributed by atoms with Crippen LogP contribution in [0.3, 0.4) is 0 Å². The molecule has 0 saturated heterocycles. The normalized spacial score (nSPS) is 10.6. The van der Waals surface area contributed by atoms with Gasteiger partial charge in [0.05, 0.1) is 5.69 Å². The number of para-hydroxylation sites is 1. The number of hydrogen-bond donors (Lipinski definition) is 0. The molecule has 3 heterocycles. The summed E-state index contributed by atoms with van der Waals surface area (Å²) in [6.07, 6.45) is 5.78. The maximum absolute atomic E-state index is 4.78. The molecule has 0 aliphatic rings. The summed E-state index contributed by atoms with van der Waals surface area (Å²) in [5, 5.41) is 4.38. The molecule has 0 saturated carbocycles. The van der Waals surface area contributed by atoms with Crippen LogP contribution in [0.1, 0.15) is 0 Å². The number of aromatic nitrogens is 3. The second-order valence-electron chi connectivity index (χ2n) is 4.95. The Morgan fingerprint density at radius 3 is 2.77 bits per heavy atom. The molecule has 0 aliphatic heterocycles. The van der Waals surface area contributed by atoms with E-state index in [1.807, 2.05) is 18.3 Å². The number of pyridine rings is 1. The number of aryl methyl sites for hydroxylation is 1. The van der Waals surface area contributed by atoms with E-state index in [1.54, 1.807) is 17.5 Å². The third-order valence-electron chi connectivity index (χ3n) is 3.59. The van der Waals surface area contributed by atoms with E-state index in [0.717, 1.165) is 16.3 Å². The molecule has 0 radical (unpaired) electrons. The number of benzene rings is 1. The Morgan fingerprint density at radius 1 is 1.09 bits per heavy atom. The van der Waals surface area contributed by atoms with Gasteiger partial charge in [-0.05, 0) is 18.2 Å². The van der Waals surface area contributed by atoms with Crippen LogP contribution in [-0.4, -0.2) is 14.5 Å². The van der Waals surface area contributed by atoms with Crippen molar-refractivity contribution in [2.24, 2.45) is 7.05 Å². The summed E-state index contributed by atoms with van der Waals surface area (Å²) < 4.78 is 2.15. The fourth-order valence-electron chi connectivity index (χ4n) is 2.56. The minimum absolute atomic E-state index is 0. The molecule has 0 bridgehead atoms. The number of nitrogens with zero attached hydrogens (tertiary/aromatic N) is 3. The Labute approximate surface area is 143 Å². The molecule has 0 atom stereocenters. The first-order chi connectivity index (χ1) is 10.3. The quantitative estimate of drug-likeness (QED) is 0.499. The molecule has 110 valence electrons. The first-order valence-electron chi connectivity index (χ1n) is 6.73. The van der Waals surface area contributed by atoms with Crippen LogP contribution in [0.5, 0.6) is 0 Å².